The van der Waals surface area contributed by atoms with Crippen molar-refractivity contribution in [3.63, 3.8) is 0 Å². The van der Waals surface area contributed by atoms with Crippen molar-refractivity contribution < 1.29 is 49.1 Å². The van der Waals surface area contributed by atoms with Crippen molar-refractivity contribution in [1.29, 1.82) is 0 Å². The normalized spacial score (nSPS) is 3.43. The van der Waals surface area contributed by atoms with Gasteiger partial charge in [0.25, 0.3) is 0 Å². The third-order valence-electron chi connectivity index (χ3n) is 0. The van der Waals surface area contributed by atoms with Crippen LogP contribution in [0.5, 0.6) is 0 Å². The fourth-order valence-corrected chi connectivity index (χ4v) is 0. The molecule has 42 valence electrons. The van der Waals surface area contributed by atoms with Gasteiger partial charge in [-0.2, -0.15) is 0 Å². The van der Waals surface area contributed by atoms with E-state index in [-0.39, 0.29) is 53.0 Å². The van der Waals surface area contributed by atoms with E-state index in [9.17, 15) is 0 Å². The average Bonchev–Trinajstić information content (AvgIpc) is 0.811. The Hall–Kier alpha value is 0.906. The molecular weight excluding hydrogens is 179 g/mol. The molecule has 0 aliphatic carbocycles. The van der Waals surface area contributed by atoms with Crippen LogP contribution in [-0.4, -0.2) is 35.2 Å². The van der Waals surface area contributed by atoms with Gasteiger partial charge < -0.3 is 10.2 Å². The summed E-state index contributed by atoms with van der Waals surface area (Å²) in [7, 11) is 0. The Labute approximate surface area is 74.0 Å². The molecule has 0 amide bonds. The summed E-state index contributed by atoms with van der Waals surface area (Å²) >= 11 is 0. The Balaban J connectivity index is -0.0000000150. The molecule has 0 unspecified atom stereocenters. The molecule has 6 heteroatoms. The van der Waals surface area contributed by atoms with Gasteiger partial charge in [0.2, 0.25) is 0 Å². The first-order valence-electron chi connectivity index (χ1n) is 0.651. The Morgan fingerprint density at radius 1 is 1.14 bits per heavy atom. The number of hydrogen-bond donors (Lipinski definition) is 2. The van der Waals surface area contributed by atoms with Gasteiger partial charge in [0.15, 0.2) is 0 Å². The van der Waals surface area contributed by atoms with Crippen molar-refractivity contribution in [2.45, 2.75) is 0 Å². The maximum atomic E-state index is 8.56. The summed E-state index contributed by atoms with van der Waals surface area (Å²) in [5.74, 6) is 0. The van der Waals surface area contributed by atoms with Crippen LogP contribution in [0.3, 0.4) is 0 Å². The van der Waals surface area contributed by atoms with Crippen LogP contribution in [0.2, 0.25) is 0 Å². The van der Waals surface area contributed by atoms with Gasteiger partial charge in [-0.1, -0.05) is 0 Å². The summed E-state index contributed by atoms with van der Waals surface area (Å²) in [5.41, 5.74) is 0. The second-order valence-corrected chi connectivity index (χ2v) is 0.283. The van der Waals surface area contributed by atoms with Crippen molar-refractivity contribution >= 4 is 25.0 Å². The fourth-order valence-electron chi connectivity index (χ4n) is 0. The molecule has 0 aliphatic rings. The zero-order valence-electron chi connectivity index (χ0n) is 2.51. The molecule has 3 nitrogen and oxygen atoms in total. The van der Waals surface area contributed by atoms with Crippen LogP contribution in [-0.2, 0) is 34.1 Å². The van der Waals surface area contributed by atoms with Crippen LogP contribution in [0.15, 0.2) is 0 Å². The molecule has 0 heterocycles. The Kier molecular flexibility index (Phi) is 55.7. The number of carboxylic acid groups (broad SMARTS) is 2. The van der Waals surface area contributed by atoms with E-state index >= 15 is 0 Å². The van der Waals surface area contributed by atoms with E-state index in [1.54, 1.807) is 0 Å². The van der Waals surface area contributed by atoms with Gasteiger partial charge in [-0.3, -0.25) is 0 Å². The van der Waals surface area contributed by atoms with Gasteiger partial charge in [-0.15, -0.1) is 0 Å². The zero-order valence-corrected chi connectivity index (χ0v) is 4.72. The third kappa shape index (κ3) is 202. The van der Waals surface area contributed by atoms with Gasteiger partial charge in [0.05, 0.1) is 0 Å². The van der Waals surface area contributed by atoms with E-state index in [2.05, 4.69) is 0 Å². The molecule has 0 atom stereocenters. The molecular formula is CH3Fe2LiO3. The van der Waals surface area contributed by atoms with Crippen molar-refractivity contribution in [3.8, 4) is 0 Å². The summed E-state index contributed by atoms with van der Waals surface area (Å²) in [6, 6.07) is 0. The molecule has 0 spiro atoms. The predicted octanol–water partition coefficient (Wildman–Crippen LogP) is -0.431. The first-order chi connectivity index (χ1) is 1.73. The quantitative estimate of drug-likeness (QED) is 0.499. The van der Waals surface area contributed by atoms with Gasteiger partial charge in [-0.05, 0) is 0 Å². The molecule has 0 saturated carbocycles. The molecule has 0 fully saturated rings. The minimum absolute atomic E-state index is 0. The van der Waals surface area contributed by atoms with E-state index in [1.807, 2.05) is 0 Å². The van der Waals surface area contributed by atoms with E-state index in [4.69, 9.17) is 15.0 Å². The molecule has 0 rings (SSSR count). The van der Waals surface area contributed by atoms with E-state index < -0.39 is 6.16 Å². The molecule has 0 aromatic rings. The summed E-state index contributed by atoms with van der Waals surface area (Å²) in [6.07, 6.45) is -1.83. The average molecular weight is 182 g/mol. The Bertz CT molecular complexity index is 35.9. The monoisotopic (exact) mass is 182 g/mol. The van der Waals surface area contributed by atoms with E-state index in [0.29, 0.717) is 0 Å². The van der Waals surface area contributed by atoms with Gasteiger partial charge in [-0.25, -0.2) is 4.79 Å². The van der Waals surface area contributed by atoms with Gasteiger partial charge in [0.1, 0.15) is 0 Å². The van der Waals surface area contributed by atoms with Crippen molar-refractivity contribution in [2.75, 3.05) is 0 Å². The topological polar surface area (TPSA) is 57.5 Å². The van der Waals surface area contributed by atoms with Crippen LogP contribution in [0.4, 0.5) is 4.79 Å². The zero-order chi connectivity index (χ0) is 3.58. The molecule has 0 saturated heterocycles. The number of hydrogen-bond acceptors (Lipinski definition) is 1. The van der Waals surface area contributed by atoms with Gasteiger partial charge in [0, 0.05) is 34.1 Å². The van der Waals surface area contributed by atoms with Crippen LogP contribution in [0.1, 0.15) is 0 Å². The summed E-state index contributed by atoms with van der Waals surface area (Å²) in [4.78, 5) is 8.56. The third-order valence-corrected chi connectivity index (χ3v) is 0. The minimum atomic E-state index is -1.83. The molecule has 2 N–H and O–H groups in total. The van der Waals surface area contributed by atoms with Crippen LogP contribution >= 0.6 is 0 Å². The van der Waals surface area contributed by atoms with Crippen LogP contribution in [0, 0.1) is 0 Å². The standard InChI is InChI=1S/CH2O3.2Fe.Li.H/c2-1(3)4;;;;/h(H2,2,3,4);;;;. The van der Waals surface area contributed by atoms with Gasteiger partial charge >= 0.3 is 25.0 Å². The summed E-state index contributed by atoms with van der Waals surface area (Å²) in [5, 5.41) is 13.9. The molecule has 0 bridgehead atoms. The van der Waals surface area contributed by atoms with Crippen molar-refractivity contribution in [3.05, 3.63) is 0 Å². The molecule has 0 aromatic heterocycles. The molecule has 0 aliphatic heterocycles. The summed E-state index contributed by atoms with van der Waals surface area (Å²) in [6.45, 7) is 0. The molecule has 0 radical (unpaired) electrons. The predicted molar refractivity (Wildman–Crippen MR) is 17.8 cm³/mol. The Morgan fingerprint density at radius 2 is 1.14 bits per heavy atom. The number of rotatable bonds is 0. The second kappa shape index (κ2) is 15.8. The SMILES string of the molecule is O=C(O)O.[Fe].[Fe].[LiH]. The van der Waals surface area contributed by atoms with E-state index in [1.165, 1.54) is 0 Å². The summed E-state index contributed by atoms with van der Waals surface area (Å²) < 4.78 is 0. The van der Waals surface area contributed by atoms with Crippen LogP contribution < -0.4 is 0 Å². The molecule has 7 heavy (non-hydrogen) atoms. The second-order valence-electron chi connectivity index (χ2n) is 0.283. The maximum absolute atomic E-state index is 8.56. The number of carbonyl (C=O) groups is 1. The van der Waals surface area contributed by atoms with Crippen molar-refractivity contribution in [2.24, 2.45) is 0 Å². The van der Waals surface area contributed by atoms with Crippen LogP contribution in [0.25, 0.3) is 0 Å². The fraction of sp³-hybridized carbons (Fsp3) is 0. The first-order valence-corrected chi connectivity index (χ1v) is 0.651. The first kappa shape index (κ1) is 24.7. The van der Waals surface area contributed by atoms with E-state index in [0.717, 1.165) is 0 Å². The van der Waals surface area contributed by atoms with Crippen molar-refractivity contribution in [1.82, 2.24) is 0 Å². The Morgan fingerprint density at radius 3 is 1.14 bits per heavy atom. The molecule has 0 aromatic carbocycles.